The van der Waals surface area contributed by atoms with Crippen molar-refractivity contribution in [1.29, 1.82) is 0 Å². The Morgan fingerprint density at radius 3 is 2.52 bits per heavy atom. The molecule has 160 valence electrons. The quantitative estimate of drug-likeness (QED) is 0.359. The second-order valence-corrected chi connectivity index (χ2v) is 8.11. The van der Waals surface area contributed by atoms with Crippen LogP contribution in [-0.2, 0) is 23.9 Å². The van der Waals surface area contributed by atoms with Crippen LogP contribution in [0.3, 0.4) is 0 Å². The Kier molecular flexibility index (Phi) is 7.66. The number of aliphatic carboxylic acids is 1. The summed E-state index contributed by atoms with van der Waals surface area (Å²) >= 11 is 1.27. The zero-order valence-electron chi connectivity index (χ0n) is 16.5. The van der Waals surface area contributed by atoms with Crippen LogP contribution in [0.5, 0.6) is 0 Å². The summed E-state index contributed by atoms with van der Waals surface area (Å²) < 4.78 is 4.72. The van der Waals surface area contributed by atoms with Crippen LogP contribution < -0.4 is 10.6 Å². The fourth-order valence-corrected chi connectivity index (χ4v) is 4.78. The monoisotopic (exact) mass is 427 g/mol. The van der Waals surface area contributed by atoms with Gasteiger partial charge >= 0.3 is 12.1 Å². The maximum atomic E-state index is 12.5. The number of fused-ring (bicyclic) bond motifs is 1. The molecule has 3 unspecified atom stereocenters. The number of alkyl carbamates (subject to hydrolysis) is 1. The van der Waals surface area contributed by atoms with Crippen molar-refractivity contribution in [3.63, 3.8) is 0 Å². The number of nitrogens with one attached hydrogen (secondary N) is 2. The highest BCUT2D eigenvalue weighted by Crippen LogP contribution is 2.44. The summed E-state index contributed by atoms with van der Waals surface area (Å²) in [7, 11) is 0. The molecule has 10 nitrogen and oxygen atoms in total. The molecule has 0 saturated carbocycles. The molecule has 3 atom stereocenters. The van der Waals surface area contributed by atoms with E-state index in [1.807, 2.05) is 0 Å². The first-order valence-corrected chi connectivity index (χ1v) is 10.3. The van der Waals surface area contributed by atoms with Gasteiger partial charge in [-0.05, 0) is 33.6 Å². The predicted molar refractivity (Wildman–Crippen MR) is 104 cm³/mol. The number of hydrogen-bond donors (Lipinski definition) is 3. The Hall–Kier alpha value is -2.56. The van der Waals surface area contributed by atoms with Crippen LogP contribution in [-0.4, -0.2) is 69.5 Å². The fraction of sp³-hybridized carbons (Fsp3) is 0.611. The molecule has 0 radical (unpaired) electrons. The lowest BCUT2D eigenvalue weighted by atomic mass is 9.98. The highest BCUT2D eigenvalue weighted by molar-refractivity contribution is 8.00. The van der Waals surface area contributed by atoms with Gasteiger partial charge in [-0.15, -0.1) is 11.8 Å². The lowest BCUT2D eigenvalue weighted by Crippen LogP contribution is -2.71. The van der Waals surface area contributed by atoms with Gasteiger partial charge in [0.15, 0.2) is 5.78 Å². The Bertz CT molecular complexity index is 752. The number of carbonyl (C=O) groups is 5. The summed E-state index contributed by atoms with van der Waals surface area (Å²) in [5, 5.41) is 13.7. The average Bonchev–Trinajstić information content (AvgIpc) is 2.64. The van der Waals surface area contributed by atoms with Crippen molar-refractivity contribution >= 4 is 41.4 Å². The molecule has 2 rings (SSSR count). The molecule has 0 aromatic carbocycles. The highest BCUT2D eigenvalue weighted by Gasteiger charge is 2.56. The minimum absolute atomic E-state index is 0.103. The maximum absolute atomic E-state index is 12.5. The number of β-lactam (4-membered cyclic amide) rings is 1. The third kappa shape index (κ3) is 5.08. The Balaban J connectivity index is 1.88. The van der Waals surface area contributed by atoms with E-state index in [0.717, 1.165) is 4.90 Å². The number of thioether (sulfide) groups is 1. The summed E-state index contributed by atoms with van der Waals surface area (Å²) in [6.07, 6.45) is 0.737. The van der Waals surface area contributed by atoms with Crippen molar-refractivity contribution in [1.82, 2.24) is 15.5 Å². The van der Waals surface area contributed by atoms with Crippen LogP contribution in [0.25, 0.3) is 0 Å². The number of nitrogens with zero attached hydrogens (tertiary/aromatic N) is 1. The molecule has 0 aromatic rings. The van der Waals surface area contributed by atoms with Gasteiger partial charge in [0.05, 0.1) is 6.61 Å². The van der Waals surface area contributed by atoms with Crippen molar-refractivity contribution < 1.29 is 33.8 Å². The van der Waals surface area contributed by atoms with Crippen LogP contribution in [0.15, 0.2) is 11.3 Å². The average molecular weight is 427 g/mol. The lowest BCUT2D eigenvalue weighted by molar-refractivity contribution is -0.151. The van der Waals surface area contributed by atoms with E-state index in [1.54, 1.807) is 13.8 Å². The third-order valence-corrected chi connectivity index (χ3v) is 5.97. The molecule has 0 aromatic heterocycles. The van der Waals surface area contributed by atoms with Crippen molar-refractivity contribution in [3.8, 4) is 0 Å². The van der Waals surface area contributed by atoms with Crippen LogP contribution >= 0.6 is 11.8 Å². The van der Waals surface area contributed by atoms with E-state index in [2.05, 4.69) is 10.6 Å². The van der Waals surface area contributed by atoms with Crippen molar-refractivity contribution in [3.05, 3.63) is 11.3 Å². The number of carbonyl (C=O) groups excluding carboxylic acids is 4. The van der Waals surface area contributed by atoms with Crippen molar-refractivity contribution in [2.45, 2.75) is 56.7 Å². The Morgan fingerprint density at radius 1 is 1.24 bits per heavy atom. The number of ketones is 1. The van der Waals surface area contributed by atoms with Gasteiger partial charge in [-0.3, -0.25) is 19.3 Å². The van der Waals surface area contributed by atoms with Gasteiger partial charge in [0.25, 0.3) is 5.91 Å². The Labute approximate surface area is 172 Å². The highest BCUT2D eigenvalue weighted by atomic mass is 32.2. The number of unbranched alkanes of at least 4 members (excludes halogenated alkanes) is 1. The van der Waals surface area contributed by atoms with Crippen LogP contribution in [0, 0.1) is 0 Å². The smallest absolute Gasteiger partial charge is 0.407 e. The molecule has 3 N–H and O–H groups in total. The first-order valence-electron chi connectivity index (χ1n) is 9.35. The standard InChI is InChI=1S/C18H25N3O7S/c1-4-28-18(27)19-8-6-5-7-11(23)20-13-15(24)21-14(17(25)26)12(9(2)22)10(3)29-16(13)21/h10,13,16H,4-8H2,1-3H3,(H,19,27)(H,20,23)(H,25,26). The number of carboxylic acid groups (broad SMARTS) is 1. The fourth-order valence-electron chi connectivity index (χ4n) is 3.27. The zero-order valence-corrected chi connectivity index (χ0v) is 17.3. The van der Waals surface area contributed by atoms with E-state index in [4.69, 9.17) is 4.74 Å². The molecule has 2 aliphatic heterocycles. The van der Waals surface area contributed by atoms with E-state index in [9.17, 15) is 29.1 Å². The van der Waals surface area contributed by atoms with Crippen molar-refractivity contribution in [2.75, 3.05) is 13.2 Å². The molecular weight excluding hydrogens is 402 g/mol. The second kappa shape index (κ2) is 9.77. The van der Waals surface area contributed by atoms with Gasteiger partial charge in [-0.2, -0.15) is 0 Å². The van der Waals surface area contributed by atoms with E-state index in [-0.39, 0.29) is 30.2 Å². The number of Topliss-reactive ketones (excluding diaryl/α,β-unsaturated/α-hetero) is 1. The van der Waals surface area contributed by atoms with Crippen molar-refractivity contribution in [2.24, 2.45) is 0 Å². The molecule has 2 heterocycles. The zero-order chi connectivity index (χ0) is 21.7. The van der Waals surface area contributed by atoms with Crippen LogP contribution in [0.4, 0.5) is 4.79 Å². The van der Waals surface area contributed by atoms with E-state index >= 15 is 0 Å². The molecular formula is C18H25N3O7S. The minimum atomic E-state index is -1.33. The normalized spacial score (nSPS) is 23.1. The largest absolute Gasteiger partial charge is 0.477 e. The summed E-state index contributed by atoms with van der Waals surface area (Å²) in [6, 6.07) is -0.824. The number of hydrogen-bond acceptors (Lipinski definition) is 7. The number of rotatable bonds is 9. The first-order chi connectivity index (χ1) is 13.7. The molecule has 1 saturated heterocycles. The number of ether oxygens (including phenoxy) is 1. The third-order valence-electron chi connectivity index (χ3n) is 4.56. The van der Waals surface area contributed by atoms with Gasteiger partial charge in [0, 0.05) is 23.8 Å². The van der Waals surface area contributed by atoms with Crippen LogP contribution in [0.1, 0.15) is 40.0 Å². The van der Waals surface area contributed by atoms with Gasteiger partial charge < -0.3 is 20.5 Å². The second-order valence-electron chi connectivity index (χ2n) is 6.65. The molecule has 0 aliphatic carbocycles. The van der Waals surface area contributed by atoms with E-state index < -0.39 is 40.4 Å². The molecule has 0 bridgehead atoms. The van der Waals surface area contributed by atoms with Gasteiger partial charge in [-0.25, -0.2) is 9.59 Å². The summed E-state index contributed by atoms with van der Waals surface area (Å²) in [5.41, 5.74) is -0.194. The Morgan fingerprint density at radius 2 is 1.93 bits per heavy atom. The molecule has 2 aliphatic rings. The first kappa shape index (κ1) is 22.7. The molecule has 1 fully saturated rings. The summed E-state index contributed by atoms with van der Waals surface area (Å²) in [4.78, 5) is 60.3. The van der Waals surface area contributed by atoms with E-state index in [0.29, 0.717) is 19.4 Å². The number of amides is 3. The van der Waals surface area contributed by atoms with Crippen LogP contribution in [0.2, 0.25) is 0 Å². The number of carboxylic acids is 1. The summed E-state index contributed by atoms with van der Waals surface area (Å²) in [6.45, 7) is 5.34. The van der Waals surface area contributed by atoms with E-state index in [1.165, 1.54) is 18.7 Å². The lowest BCUT2D eigenvalue weighted by Gasteiger charge is -2.50. The summed E-state index contributed by atoms with van der Waals surface area (Å²) in [5.74, 6) is -2.59. The molecule has 29 heavy (non-hydrogen) atoms. The maximum Gasteiger partial charge on any atom is 0.407 e. The molecule has 11 heteroatoms. The van der Waals surface area contributed by atoms with Gasteiger partial charge in [0.1, 0.15) is 17.1 Å². The molecule has 0 spiro atoms. The van der Waals surface area contributed by atoms with Gasteiger partial charge in [-0.1, -0.05) is 0 Å². The van der Waals surface area contributed by atoms with Gasteiger partial charge in [0.2, 0.25) is 5.91 Å². The molecule has 3 amide bonds. The topological polar surface area (TPSA) is 142 Å². The minimum Gasteiger partial charge on any atom is -0.477 e. The predicted octanol–water partition coefficient (Wildman–Crippen LogP) is 0.619. The SMILES string of the molecule is CCOC(=O)NCCCCC(=O)NC1C(=O)N2C(C(=O)O)=C(C(C)=O)C(C)SC12.